The third kappa shape index (κ3) is 5.10. The number of aliphatic imine (C=N–C) groups is 1. The molecular weight excluding hydrogens is 351 g/mol. The minimum atomic E-state index is 0. The number of nitrogens with zero attached hydrogens (tertiary/aromatic N) is 3. The van der Waals surface area contributed by atoms with E-state index in [0.29, 0.717) is 0 Å². The first-order valence-corrected chi connectivity index (χ1v) is 7.59. The lowest BCUT2D eigenvalue weighted by Crippen LogP contribution is -2.40. The molecule has 2 aliphatic rings. The molecule has 0 amide bonds. The zero-order chi connectivity index (χ0) is 12.8. The average Bonchev–Trinajstić information content (AvgIpc) is 3.05. The van der Waals surface area contributed by atoms with Crippen molar-refractivity contribution in [2.24, 2.45) is 10.9 Å². The molecule has 1 N–H and O–H groups in total. The summed E-state index contributed by atoms with van der Waals surface area (Å²) in [5.74, 6) is 1.91. The summed E-state index contributed by atoms with van der Waals surface area (Å²) in [6.45, 7) is 12.4. The minimum absolute atomic E-state index is 0. The van der Waals surface area contributed by atoms with Crippen molar-refractivity contribution in [2.45, 2.75) is 33.1 Å². The first kappa shape index (κ1) is 17.0. The van der Waals surface area contributed by atoms with Gasteiger partial charge in [0, 0.05) is 32.7 Å². The van der Waals surface area contributed by atoms with Gasteiger partial charge in [-0.05, 0) is 45.2 Å². The number of guanidine groups is 1. The van der Waals surface area contributed by atoms with Gasteiger partial charge in [-0.2, -0.15) is 0 Å². The Labute approximate surface area is 135 Å². The molecule has 2 aliphatic heterocycles. The summed E-state index contributed by atoms with van der Waals surface area (Å²) in [6, 6.07) is 0. The number of likely N-dealkylation sites (tertiary alicyclic amines) is 2. The molecule has 0 aromatic carbocycles. The summed E-state index contributed by atoms with van der Waals surface area (Å²) in [4.78, 5) is 9.79. The van der Waals surface area contributed by atoms with E-state index in [1.807, 2.05) is 0 Å². The SMILES string of the molecule is CCNC(=NCC1CCN(CC)C1)N1CCCC1.I. The van der Waals surface area contributed by atoms with Gasteiger partial charge >= 0.3 is 0 Å². The van der Waals surface area contributed by atoms with Crippen LogP contribution in [0, 0.1) is 5.92 Å². The van der Waals surface area contributed by atoms with Gasteiger partial charge in [0.15, 0.2) is 5.96 Å². The Hall–Kier alpha value is -0.0400. The monoisotopic (exact) mass is 380 g/mol. The van der Waals surface area contributed by atoms with Crippen LogP contribution in [0.3, 0.4) is 0 Å². The molecule has 4 nitrogen and oxygen atoms in total. The molecule has 19 heavy (non-hydrogen) atoms. The Bertz CT molecular complexity index is 277. The van der Waals surface area contributed by atoms with Gasteiger partial charge in [-0.15, -0.1) is 24.0 Å². The van der Waals surface area contributed by atoms with Crippen LogP contribution in [-0.2, 0) is 0 Å². The van der Waals surface area contributed by atoms with E-state index in [0.717, 1.165) is 25.0 Å². The molecule has 112 valence electrons. The molecule has 0 bridgehead atoms. The molecule has 1 atom stereocenters. The molecule has 1 unspecified atom stereocenters. The van der Waals surface area contributed by atoms with Gasteiger partial charge in [0.25, 0.3) is 0 Å². The van der Waals surface area contributed by atoms with Crippen molar-refractivity contribution in [1.82, 2.24) is 15.1 Å². The molecule has 0 spiro atoms. The largest absolute Gasteiger partial charge is 0.357 e. The lowest BCUT2D eigenvalue weighted by atomic mass is 10.1. The van der Waals surface area contributed by atoms with E-state index in [2.05, 4.69) is 29.0 Å². The first-order valence-electron chi connectivity index (χ1n) is 7.59. The van der Waals surface area contributed by atoms with Crippen LogP contribution in [0.15, 0.2) is 4.99 Å². The molecule has 2 rings (SSSR count). The smallest absolute Gasteiger partial charge is 0.193 e. The number of nitrogens with one attached hydrogen (secondary N) is 1. The predicted octanol–water partition coefficient (Wildman–Crippen LogP) is 2.01. The highest BCUT2D eigenvalue weighted by Gasteiger charge is 2.21. The van der Waals surface area contributed by atoms with E-state index in [9.17, 15) is 0 Å². The standard InChI is InChI=1S/C14H28N4.HI/c1-3-15-14(18-8-5-6-9-18)16-11-13-7-10-17(4-2)12-13;/h13H,3-12H2,1-2H3,(H,15,16);1H. The maximum Gasteiger partial charge on any atom is 0.193 e. The van der Waals surface area contributed by atoms with Crippen molar-refractivity contribution >= 4 is 29.9 Å². The summed E-state index contributed by atoms with van der Waals surface area (Å²) in [6.07, 6.45) is 3.95. The molecule has 0 radical (unpaired) electrons. The maximum atomic E-state index is 4.85. The number of hydrogen-bond donors (Lipinski definition) is 1. The fourth-order valence-corrected chi connectivity index (χ4v) is 2.92. The van der Waals surface area contributed by atoms with Crippen molar-refractivity contribution in [3.8, 4) is 0 Å². The van der Waals surface area contributed by atoms with Gasteiger partial charge in [0.2, 0.25) is 0 Å². The molecule has 0 saturated carbocycles. The topological polar surface area (TPSA) is 30.9 Å². The molecule has 0 aliphatic carbocycles. The van der Waals surface area contributed by atoms with Crippen LogP contribution in [0.1, 0.15) is 33.1 Å². The third-order valence-electron chi connectivity index (χ3n) is 4.06. The summed E-state index contributed by atoms with van der Waals surface area (Å²) < 4.78 is 0. The first-order chi connectivity index (χ1) is 8.83. The van der Waals surface area contributed by atoms with Crippen molar-refractivity contribution in [1.29, 1.82) is 0 Å². The van der Waals surface area contributed by atoms with Crippen molar-refractivity contribution in [3.63, 3.8) is 0 Å². The van der Waals surface area contributed by atoms with E-state index >= 15 is 0 Å². The molecule has 2 fully saturated rings. The van der Waals surface area contributed by atoms with E-state index < -0.39 is 0 Å². The van der Waals surface area contributed by atoms with Crippen LogP contribution < -0.4 is 5.32 Å². The second-order valence-electron chi connectivity index (χ2n) is 5.44. The van der Waals surface area contributed by atoms with Crippen molar-refractivity contribution in [3.05, 3.63) is 0 Å². The Morgan fingerprint density at radius 3 is 2.53 bits per heavy atom. The number of hydrogen-bond acceptors (Lipinski definition) is 2. The quantitative estimate of drug-likeness (QED) is 0.460. The Morgan fingerprint density at radius 2 is 1.95 bits per heavy atom. The maximum absolute atomic E-state index is 4.85. The van der Waals surface area contributed by atoms with E-state index in [4.69, 9.17) is 4.99 Å². The number of halogens is 1. The fraction of sp³-hybridized carbons (Fsp3) is 0.929. The summed E-state index contributed by atoms with van der Waals surface area (Å²) in [5.41, 5.74) is 0. The van der Waals surface area contributed by atoms with Crippen LogP contribution in [0.4, 0.5) is 0 Å². The van der Waals surface area contributed by atoms with Crippen molar-refractivity contribution < 1.29 is 0 Å². The zero-order valence-corrected chi connectivity index (χ0v) is 14.7. The van der Waals surface area contributed by atoms with Gasteiger partial charge in [-0.25, -0.2) is 0 Å². The normalized spacial score (nSPS) is 24.6. The molecule has 2 saturated heterocycles. The van der Waals surface area contributed by atoms with Gasteiger partial charge in [0.05, 0.1) is 0 Å². The average molecular weight is 380 g/mol. The Balaban J connectivity index is 0.00000180. The molecular formula is C14H29IN4. The molecule has 0 aromatic rings. The van der Waals surface area contributed by atoms with Gasteiger partial charge in [0.1, 0.15) is 0 Å². The lowest BCUT2D eigenvalue weighted by Gasteiger charge is -2.21. The van der Waals surface area contributed by atoms with Crippen LogP contribution in [0.5, 0.6) is 0 Å². The molecule has 0 aromatic heterocycles. The van der Waals surface area contributed by atoms with Gasteiger partial charge in [-0.1, -0.05) is 6.92 Å². The predicted molar refractivity (Wildman–Crippen MR) is 92.4 cm³/mol. The van der Waals surface area contributed by atoms with E-state index in [-0.39, 0.29) is 24.0 Å². The van der Waals surface area contributed by atoms with Crippen LogP contribution >= 0.6 is 24.0 Å². The highest BCUT2D eigenvalue weighted by molar-refractivity contribution is 14.0. The van der Waals surface area contributed by atoms with Crippen molar-refractivity contribution in [2.75, 3.05) is 45.8 Å². The zero-order valence-electron chi connectivity index (χ0n) is 12.4. The summed E-state index contributed by atoms with van der Waals surface area (Å²) in [5, 5.41) is 3.44. The highest BCUT2D eigenvalue weighted by atomic mass is 127. The van der Waals surface area contributed by atoms with Crippen LogP contribution in [0.2, 0.25) is 0 Å². The highest BCUT2D eigenvalue weighted by Crippen LogP contribution is 2.16. The molecule has 5 heteroatoms. The summed E-state index contributed by atoms with van der Waals surface area (Å²) in [7, 11) is 0. The number of rotatable bonds is 4. The minimum Gasteiger partial charge on any atom is -0.357 e. The second-order valence-corrected chi connectivity index (χ2v) is 5.44. The van der Waals surface area contributed by atoms with Crippen LogP contribution in [-0.4, -0.2) is 61.6 Å². The Kier molecular flexibility index (Phi) is 8.06. The molecule has 2 heterocycles. The summed E-state index contributed by atoms with van der Waals surface area (Å²) >= 11 is 0. The van der Waals surface area contributed by atoms with E-state index in [1.165, 1.54) is 52.0 Å². The van der Waals surface area contributed by atoms with Gasteiger partial charge < -0.3 is 15.1 Å². The van der Waals surface area contributed by atoms with Crippen LogP contribution in [0.25, 0.3) is 0 Å². The van der Waals surface area contributed by atoms with E-state index in [1.54, 1.807) is 0 Å². The fourth-order valence-electron chi connectivity index (χ4n) is 2.92. The van der Waals surface area contributed by atoms with Gasteiger partial charge in [-0.3, -0.25) is 4.99 Å². The third-order valence-corrected chi connectivity index (χ3v) is 4.06. The lowest BCUT2D eigenvalue weighted by molar-refractivity contribution is 0.343. The Morgan fingerprint density at radius 1 is 1.21 bits per heavy atom. The second kappa shape index (κ2) is 9.00.